The van der Waals surface area contributed by atoms with E-state index in [0.717, 1.165) is 5.69 Å². The van der Waals surface area contributed by atoms with Crippen molar-refractivity contribution in [3.8, 4) is 0 Å². The number of likely N-dealkylation sites (N-methyl/N-ethyl adjacent to an activating group) is 1. The van der Waals surface area contributed by atoms with Crippen LogP contribution in [0.25, 0.3) is 0 Å². The van der Waals surface area contributed by atoms with E-state index in [2.05, 4.69) is 10.2 Å². The molecule has 1 amide bonds. The highest BCUT2D eigenvalue weighted by Gasteiger charge is 2.22. The first kappa shape index (κ1) is 14.1. The molecule has 106 valence electrons. The molecular formula is C14H23N3O2. The molecule has 1 saturated carbocycles. The van der Waals surface area contributed by atoms with Gasteiger partial charge in [-0.15, -0.1) is 0 Å². The third-order valence-corrected chi connectivity index (χ3v) is 4.11. The lowest BCUT2D eigenvalue weighted by atomic mass is 9.87. The summed E-state index contributed by atoms with van der Waals surface area (Å²) in [5.41, 5.74) is 1.52. The van der Waals surface area contributed by atoms with Gasteiger partial charge in [0.1, 0.15) is 5.69 Å². The molecule has 0 aliphatic heterocycles. The van der Waals surface area contributed by atoms with E-state index in [0.29, 0.717) is 11.6 Å². The van der Waals surface area contributed by atoms with E-state index in [4.69, 9.17) is 5.11 Å². The quantitative estimate of drug-likeness (QED) is 0.873. The van der Waals surface area contributed by atoms with Crippen LogP contribution < -0.4 is 0 Å². The van der Waals surface area contributed by atoms with E-state index in [1.165, 1.54) is 37.0 Å². The zero-order valence-electron chi connectivity index (χ0n) is 11.7. The van der Waals surface area contributed by atoms with Crippen LogP contribution in [0.5, 0.6) is 0 Å². The minimum Gasteiger partial charge on any atom is -0.394 e. The van der Waals surface area contributed by atoms with Gasteiger partial charge in [-0.1, -0.05) is 19.3 Å². The molecule has 0 spiro atoms. The SMILES string of the molecule is CC(CO)N(C)C(=O)c1cc(C2CCCCC2)[nH]n1. The van der Waals surface area contributed by atoms with Crippen molar-refractivity contribution in [3.63, 3.8) is 0 Å². The minimum absolute atomic E-state index is 0.0395. The van der Waals surface area contributed by atoms with Crippen molar-refractivity contribution in [2.45, 2.75) is 51.0 Å². The Morgan fingerprint density at radius 2 is 2.21 bits per heavy atom. The average molecular weight is 265 g/mol. The van der Waals surface area contributed by atoms with Crippen molar-refractivity contribution in [1.82, 2.24) is 15.1 Å². The van der Waals surface area contributed by atoms with Gasteiger partial charge in [0, 0.05) is 18.7 Å². The summed E-state index contributed by atoms with van der Waals surface area (Å²) in [6, 6.07) is 1.68. The summed E-state index contributed by atoms with van der Waals surface area (Å²) in [4.78, 5) is 13.7. The molecule has 1 unspecified atom stereocenters. The maximum Gasteiger partial charge on any atom is 0.274 e. The van der Waals surface area contributed by atoms with E-state index < -0.39 is 0 Å². The second-order valence-corrected chi connectivity index (χ2v) is 5.49. The van der Waals surface area contributed by atoms with Gasteiger partial charge in [0.2, 0.25) is 0 Å². The number of carbonyl (C=O) groups is 1. The molecule has 2 N–H and O–H groups in total. The van der Waals surface area contributed by atoms with Crippen LogP contribution in [-0.2, 0) is 0 Å². The number of carbonyl (C=O) groups excluding carboxylic acids is 1. The van der Waals surface area contributed by atoms with Crippen LogP contribution in [0.3, 0.4) is 0 Å². The number of nitrogens with one attached hydrogen (secondary N) is 1. The molecule has 19 heavy (non-hydrogen) atoms. The minimum atomic E-state index is -0.192. The number of hydrogen-bond acceptors (Lipinski definition) is 3. The molecule has 0 bridgehead atoms. The Morgan fingerprint density at radius 3 is 2.84 bits per heavy atom. The lowest BCUT2D eigenvalue weighted by molar-refractivity contribution is 0.0676. The number of aromatic nitrogens is 2. The Morgan fingerprint density at radius 1 is 1.53 bits per heavy atom. The zero-order valence-corrected chi connectivity index (χ0v) is 11.7. The molecule has 1 aromatic rings. The van der Waals surface area contributed by atoms with E-state index in [1.54, 1.807) is 7.05 Å². The number of rotatable bonds is 4. The van der Waals surface area contributed by atoms with Crippen LogP contribution in [0.1, 0.15) is 61.1 Å². The predicted molar refractivity (Wildman–Crippen MR) is 73.1 cm³/mol. The largest absolute Gasteiger partial charge is 0.394 e. The molecule has 1 heterocycles. The monoisotopic (exact) mass is 265 g/mol. The molecule has 2 rings (SSSR count). The van der Waals surface area contributed by atoms with Crippen molar-refractivity contribution >= 4 is 5.91 Å². The van der Waals surface area contributed by atoms with Crippen LogP contribution in [0.4, 0.5) is 0 Å². The standard InChI is InChI=1S/C14H23N3O2/c1-10(9-18)17(2)14(19)13-8-12(15-16-13)11-6-4-3-5-7-11/h8,10-11,18H,3-7,9H2,1-2H3,(H,15,16). The summed E-state index contributed by atoms with van der Waals surface area (Å²) >= 11 is 0. The second-order valence-electron chi connectivity index (χ2n) is 5.49. The van der Waals surface area contributed by atoms with Gasteiger partial charge < -0.3 is 10.0 Å². The Kier molecular flexibility index (Phi) is 4.58. The third-order valence-electron chi connectivity index (χ3n) is 4.11. The lowest BCUT2D eigenvalue weighted by Gasteiger charge is -2.22. The van der Waals surface area contributed by atoms with Gasteiger partial charge in [0.15, 0.2) is 0 Å². The Balaban J connectivity index is 2.05. The predicted octanol–water partition coefficient (Wildman–Crippen LogP) is 1.91. The van der Waals surface area contributed by atoms with E-state index >= 15 is 0 Å². The topological polar surface area (TPSA) is 69.2 Å². The first-order valence-electron chi connectivity index (χ1n) is 7.06. The summed E-state index contributed by atoms with van der Waals surface area (Å²) in [7, 11) is 1.69. The number of aromatic amines is 1. The fraction of sp³-hybridized carbons (Fsp3) is 0.714. The summed E-state index contributed by atoms with van der Waals surface area (Å²) in [5.74, 6) is 0.378. The van der Waals surface area contributed by atoms with Gasteiger partial charge in [0.05, 0.1) is 12.6 Å². The van der Waals surface area contributed by atoms with Crippen LogP contribution in [-0.4, -0.2) is 45.8 Å². The van der Waals surface area contributed by atoms with Crippen LogP contribution in [0.15, 0.2) is 6.07 Å². The van der Waals surface area contributed by atoms with Gasteiger partial charge in [-0.2, -0.15) is 5.10 Å². The third kappa shape index (κ3) is 3.15. The number of H-pyrrole nitrogens is 1. The molecule has 5 nitrogen and oxygen atoms in total. The van der Waals surface area contributed by atoms with Gasteiger partial charge >= 0.3 is 0 Å². The van der Waals surface area contributed by atoms with Gasteiger partial charge in [-0.3, -0.25) is 9.89 Å². The molecule has 1 aliphatic carbocycles. The van der Waals surface area contributed by atoms with Crippen molar-refractivity contribution in [2.75, 3.05) is 13.7 Å². The first-order chi connectivity index (χ1) is 9.13. The summed E-state index contributed by atoms with van der Waals surface area (Å²) in [5, 5.41) is 16.2. The smallest absolute Gasteiger partial charge is 0.274 e. The molecule has 5 heteroatoms. The lowest BCUT2D eigenvalue weighted by Crippen LogP contribution is -2.37. The summed E-state index contributed by atoms with van der Waals surface area (Å²) in [6.07, 6.45) is 6.19. The van der Waals surface area contributed by atoms with Crippen LogP contribution in [0.2, 0.25) is 0 Å². The molecule has 0 saturated heterocycles. The average Bonchev–Trinajstić information content (AvgIpc) is 2.95. The van der Waals surface area contributed by atoms with E-state index in [9.17, 15) is 4.79 Å². The van der Waals surface area contributed by atoms with Gasteiger partial charge in [0.25, 0.3) is 5.91 Å². The number of nitrogens with zero attached hydrogens (tertiary/aromatic N) is 2. The molecule has 0 aromatic carbocycles. The normalized spacial score (nSPS) is 18.3. The summed E-state index contributed by atoms with van der Waals surface area (Å²) in [6.45, 7) is 1.77. The van der Waals surface area contributed by atoms with Crippen molar-refractivity contribution < 1.29 is 9.90 Å². The van der Waals surface area contributed by atoms with Gasteiger partial charge in [-0.25, -0.2) is 0 Å². The highest BCUT2D eigenvalue weighted by molar-refractivity contribution is 5.92. The summed E-state index contributed by atoms with van der Waals surface area (Å²) < 4.78 is 0. The van der Waals surface area contributed by atoms with Crippen molar-refractivity contribution in [3.05, 3.63) is 17.5 Å². The van der Waals surface area contributed by atoms with Crippen LogP contribution in [0, 0.1) is 0 Å². The molecule has 1 fully saturated rings. The second kappa shape index (κ2) is 6.19. The Hall–Kier alpha value is -1.36. The highest BCUT2D eigenvalue weighted by Crippen LogP contribution is 2.31. The van der Waals surface area contributed by atoms with Crippen molar-refractivity contribution in [2.24, 2.45) is 0 Å². The van der Waals surface area contributed by atoms with Crippen LogP contribution >= 0.6 is 0 Å². The Labute approximate surface area is 114 Å². The zero-order chi connectivity index (χ0) is 13.8. The van der Waals surface area contributed by atoms with Crippen molar-refractivity contribution in [1.29, 1.82) is 0 Å². The molecular weight excluding hydrogens is 242 g/mol. The maximum absolute atomic E-state index is 12.2. The molecule has 1 aromatic heterocycles. The maximum atomic E-state index is 12.2. The fourth-order valence-electron chi connectivity index (χ4n) is 2.57. The van der Waals surface area contributed by atoms with Gasteiger partial charge in [-0.05, 0) is 25.8 Å². The molecule has 1 aliphatic rings. The number of hydrogen-bond donors (Lipinski definition) is 2. The number of aliphatic hydroxyl groups excluding tert-OH is 1. The molecule has 0 radical (unpaired) electrons. The number of aliphatic hydroxyl groups is 1. The van der Waals surface area contributed by atoms with E-state index in [-0.39, 0.29) is 18.6 Å². The number of amides is 1. The highest BCUT2D eigenvalue weighted by atomic mass is 16.3. The van der Waals surface area contributed by atoms with E-state index in [1.807, 2.05) is 13.0 Å². The first-order valence-corrected chi connectivity index (χ1v) is 7.06. The Bertz CT molecular complexity index is 424. The molecule has 1 atom stereocenters. The fourth-order valence-corrected chi connectivity index (χ4v) is 2.57.